The molecule has 2 N–H and O–H groups in total. The molecule has 0 unspecified atom stereocenters. The maximum atomic E-state index is 14.0. The molecule has 2 aromatic carbocycles. The zero-order valence-corrected chi connectivity index (χ0v) is 21.7. The van der Waals surface area contributed by atoms with E-state index < -0.39 is 11.9 Å². The van der Waals surface area contributed by atoms with Crippen molar-refractivity contribution in [2.24, 2.45) is 0 Å². The van der Waals surface area contributed by atoms with Crippen LogP contribution in [0.15, 0.2) is 48.5 Å². The molecule has 1 aliphatic carbocycles. The molecule has 9 heteroatoms. The fourth-order valence-corrected chi connectivity index (χ4v) is 5.51. The van der Waals surface area contributed by atoms with Crippen LogP contribution in [0, 0.1) is 0 Å². The van der Waals surface area contributed by atoms with Crippen LogP contribution in [0.1, 0.15) is 66.7 Å². The van der Waals surface area contributed by atoms with Gasteiger partial charge in [0, 0.05) is 11.7 Å². The number of aromatic hydroxyl groups is 1. The molecule has 0 saturated heterocycles. The summed E-state index contributed by atoms with van der Waals surface area (Å²) in [5, 5.41) is 13.1. The largest absolute Gasteiger partial charge is 0.508 e. The second-order valence-corrected chi connectivity index (χ2v) is 10.4. The number of hydrogen-bond acceptors (Lipinski definition) is 5. The van der Waals surface area contributed by atoms with Crippen molar-refractivity contribution >= 4 is 52.2 Å². The lowest BCUT2D eigenvalue weighted by Gasteiger charge is -2.34. The van der Waals surface area contributed by atoms with Crippen molar-refractivity contribution < 1.29 is 14.7 Å². The number of carbonyl (C=O) groups is 2. The van der Waals surface area contributed by atoms with Crippen LogP contribution < -0.4 is 10.2 Å². The predicted molar refractivity (Wildman–Crippen MR) is 141 cm³/mol. The van der Waals surface area contributed by atoms with E-state index in [1.807, 2.05) is 31.2 Å². The van der Waals surface area contributed by atoms with E-state index in [1.54, 1.807) is 12.1 Å². The average Bonchev–Trinajstić information content (AvgIpc) is 3.21. The van der Waals surface area contributed by atoms with Crippen molar-refractivity contribution in [3.05, 3.63) is 74.7 Å². The standard InChI is InChI=1S/C26H27Cl2N3O3S/c1-2-16-8-6-7-11-20(16)31(26(34)22-21(27)24(28)35-30-22)23(17-12-14-19(32)15-13-17)25(33)29-18-9-4-3-5-10-18/h6-8,11-15,18,23,32H,2-5,9-10H2,1H3,(H,29,33)/t23-/m0/s1. The molecule has 0 bridgehead atoms. The topological polar surface area (TPSA) is 82.5 Å². The molecule has 4 rings (SSSR count). The van der Waals surface area contributed by atoms with Crippen LogP contribution in [-0.2, 0) is 11.2 Å². The number of halogens is 2. The predicted octanol–water partition coefficient (Wildman–Crippen LogP) is 6.55. The first-order valence-corrected chi connectivity index (χ1v) is 13.2. The van der Waals surface area contributed by atoms with Crippen molar-refractivity contribution in [1.29, 1.82) is 0 Å². The molecule has 0 aliphatic heterocycles. The highest BCUT2D eigenvalue weighted by Gasteiger charge is 2.37. The van der Waals surface area contributed by atoms with Gasteiger partial charge in [0.25, 0.3) is 5.91 Å². The summed E-state index contributed by atoms with van der Waals surface area (Å²) in [5.74, 6) is -0.739. The quantitative estimate of drug-likeness (QED) is 0.361. The van der Waals surface area contributed by atoms with E-state index >= 15 is 0 Å². The third-order valence-corrected chi connectivity index (χ3v) is 7.93. The van der Waals surface area contributed by atoms with Gasteiger partial charge in [0.05, 0.1) is 0 Å². The number of rotatable bonds is 7. The van der Waals surface area contributed by atoms with Gasteiger partial charge in [-0.3, -0.25) is 14.5 Å². The summed E-state index contributed by atoms with van der Waals surface area (Å²) in [5.41, 5.74) is 2.05. The van der Waals surface area contributed by atoms with Crippen LogP contribution in [0.3, 0.4) is 0 Å². The summed E-state index contributed by atoms with van der Waals surface area (Å²) >= 11 is 13.4. The number of anilines is 1. The van der Waals surface area contributed by atoms with Crippen LogP contribution in [0.5, 0.6) is 5.75 Å². The van der Waals surface area contributed by atoms with Gasteiger partial charge < -0.3 is 10.4 Å². The smallest absolute Gasteiger partial charge is 0.280 e. The summed E-state index contributed by atoms with van der Waals surface area (Å²) < 4.78 is 4.41. The number of nitrogens with one attached hydrogen (secondary N) is 1. The van der Waals surface area contributed by atoms with Crippen LogP contribution in [0.2, 0.25) is 9.36 Å². The SMILES string of the molecule is CCc1ccccc1N(C(=O)c1nsc(Cl)c1Cl)[C@H](C(=O)NC1CCCCC1)c1ccc(O)cc1. The molecular formula is C26H27Cl2N3O3S. The first kappa shape index (κ1) is 25.5. The highest BCUT2D eigenvalue weighted by molar-refractivity contribution is 7.11. The van der Waals surface area contributed by atoms with Crippen LogP contribution >= 0.6 is 34.7 Å². The van der Waals surface area contributed by atoms with Gasteiger partial charge in [-0.15, -0.1) is 0 Å². The number of benzene rings is 2. The van der Waals surface area contributed by atoms with Crippen molar-refractivity contribution in [1.82, 2.24) is 9.69 Å². The monoisotopic (exact) mass is 531 g/mol. The number of phenols is 1. The van der Waals surface area contributed by atoms with Crippen molar-refractivity contribution in [2.75, 3.05) is 4.90 Å². The minimum absolute atomic E-state index is 0.00168. The lowest BCUT2D eigenvalue weighted by molar-refractivity contribution is -0.123. The zero-order chi connectivity index (χ0) is 24.9. The first-order chi connectivity index (χ1) is 16.9. The van der Waals surface area contributed by atoms with E-state index in [2.05, 4.69) is 9.69 Å². The fraction of sp³-hybridized carbons (Fsp3) is 0.346. The number of phenolic OH excluding ortho intramolecular Hbond substituents is 1. The van der Waals surface area contributed by atoms with E-state index in [9.17, 15) is 14.7 Å². The Labute approximate surface area is 219 Å². The van der Waals surface area contributed by atoms with Gasteiger partial charge in [-0.1, -0.05) is 79.7 Å². The number of amides is 2. The van der Waals surface area contributed by atoms with Crippen LogP contribution in [-0.4, -0.2) is 27.3 Å². The van der Waals surface area contributed by atoms with E-state index in [4.69, 9.17) is 23.2 Å². The van der Waals surface area contributed by atoms with Gasteiger partial charge in [0.2, 0.25) is 5.91 Å². The normalized spacial score (nSPS) is 14.9. The zero-order valence-electron chi connectivity index (χ0n) is 19.3. The molecule has 3 aromatic rings. The number of hydrogen-bond donors (Lipinski definition) is 2. The Morgan fingerprint density at radius 2 is 1.80 bits per heavy atom. The molecule has 184 valence electrons. The van der Waals surface area contributed by atoms with E-state index in [-0.39, 0.29) is 32.8 Å². The van der Waals surface area contributed by atoms with Crippen LogP contribution in [0.4, 0.5) is 5.69 Å². The molecule has 1 atom stereocenters. The Hall–Kier alpha value is -2.61. The van der Waals surface area contributed by atoms with Gasteiger partial charge >= 0.3 is 0 Å². The first-order valence-electron chi connectivity index (χ1n) is 11.7. The van der Waals surface area contributed by atoms with Gasteiger partial charge in [-0.25, -0.2) is 0 Å². The molecule has 1 aliphatic rings. The number of aromatic nitrogens is 1. The lowest BCUT2D eigenvalue weighted by atomic mass is 9.94. The molecule has 1 fully saturated rings. The van der Waals surface area contributed by atoms with E-state index in [0.29, 0.717) is 17.7 Å². The summed E-state index contributed by atoms with van der Waals surface area (Å²) in [4.78, 5) is 29.4. The third-order valence-electron chi connectivity index (χ3n) is 6.32. The van der Waals surface area contributed by atoms with Crippen LogP contribution in [0.25, 0.3) is 0 Å². The molecule has 6 nitrogen and oxygen atoms in total. The average molecular weight is 532 g/mol. The number of para-hydroxylation sites is 1. The lowest BCUT2D eigenvalue weighted by Crippen LogP contribution is -2.47. The second-order valence-electron chi connectivity index (χ2n) is 8.61. The Kier molecular flexibility index (Phi) is 8.31. The molecule has 1 aromatic heterocycles. The Balaban J connectivity index is 1.85. The summed E-state index contributed by atoms with van der Waals surface area (Å²) in [6.45, 7) is 1.99. The van der Waals surface area contributed by atoms with Gasteiger partial charge in [0.15, 0.2) is 5.69 Å². The molecule has 1 heterocycles. The molecule has 0 radical (unpaired) electrons. The third kappa shape index (κ3) is 5.63. The minimum Gasteiger partial charge on any atom is -0.508 e. The van der Waals surface area contributed by atoms with Crippen molar-refractivity contribution in [3.8, 4) is 5.75 Å². The summed E-state index contributed by atoms with van der Waals surface area (Å²) in [6.07, 6.45) is 5.73. The Morgan fingerprint density at radius 3 is 2.43 bits per heavy atom. The molecule has 0 spiro atoms. The molecule has 35 heavy (non-hydrogen) atoms. The maximum absolute atomic E-state index is 14.0. The molecule has 2 amide bonds. The fourth-order valence-electron chi connectivity index (χ4n) is 4.52. The summed E-state index contributed by atoms with van der Waals surface area (Å²) in [6, 6.07) is 12.9. The molecular weight excluding hydrogens is 505 g/mol. The Morgan fingerprint density at radius 1 is 1.11 bits per heavy atom. The number of carbonyl (C=O) groups excluding carboxylic acids is 2. The van der Waals surface area contributed by atoms with Gasteiger partial charge in [-0.05, 0) is 60.1 Å². The second kappa shape index (κ2) is 11.4. The van der Waals surface area contributed by atoms with Gasteiger partial charge in [-0.2, -0.15) is 4.37 Å². The highest BCUT2D eigenvalue weighted by atomic mass is 35.5. The van der Waals surface area contributed by atoms with Crippen molar-refractivity contribution in [3.63, 3.8) is 0 Å². The Bertz CT molecular complexity index is 1190. The minimum atomic E-state index is -1.01. The summed E-state index contributed by atoms with van der Waals surface area (Å²) in [7, 11) is 0. The van der Waals surface area contributed by atoms with Gasteiger partial charge in [0.1, 0.15) is 21.2 Å². The van der Waals surface area contributed by atoms with E-state index in [1.165, 1.54) is 17.0 Å². The molecule has 1 saturated carbocycles. The number of nitrogens with zero attached hydrogens (tertiary/aromatic N) is 2. The maximum Gasteiger partial charge on any atom is 0.280 e. The van der Waals surface area contributed by atoms with E-state index in [0.717, 1.165) is 49.2 Å². The number of aryl methyl sites for hydroxylation is 1. The highest BCUT2D eigenvalue weighted by Crippen LogP contribution is 2.37. The van der Waals surface area contributed by atoms with Crippen molar-refractivity contribution in [2.45, 2.75) is 57.5 Å².